The number of carbonyl (C=O) groups excluding carboxylic acids is 2. The van der Waals surface area contributed by atoms with Crippen LogP contribution in [0.5, 0.6) is 5.75 Å². The van der Waals surface area contributed by atoms with Crippen LogP contribution in [0.4, 0.5) is 13.2 Å². The zero-order valence-corrected chi connectivity index (χ0v) is 17.8. The summed E-state index contributed by atoms with van der Waals surface area (Å²) in [5.41, 5.74) is 3.00. The largest absolute Gasteiger partial charge is 0.488 e. The van der Waals surface area contributed by atoms with E-state index in [2.05, 4.69) is 0 Å². The summed E-state index contributed by atoms with van der Waals surface area (Å²) >= 11 is 0. The first-order valence-electron chi connectivity index (χ1n) is 9.88. The number of carbonyl (C=O) groups is 2. The molecule has 1 atom stereocenters. The van der Waals surface area contributed by atoms with Crippen LogP contribution < -0.4 is 15.9 Å². The van der Waals surface area contributed by atoms with Crippen molar-refractivity contribution in [3.8, 4) is 5.75 Å². The second kappa shape index (κ2) is 11.1. The highest BCUT2D eigenvalue weighted by molar-refractivity contribution is 6.01. The maximum absolute atomic E-state index is 14.0. The van der Waals surface area contributed by atoms with E-state index < -0.39 is 82.5 Å². The van der Waals surface area contributed by atoms with Crippen molar-refractivity contribution < 1.29 is 42.4 Å². The maximum atomic E-state index is 14.0. The number of ketones is 1. The summed E-state index contributed by atoms with van der Waals surface area (Å²) in [4.78, 5) is 38.3. The van der Waals surface area contributed by atoms with E-state index in [-0.39, 0.29) is 13.2 Å². The summed E-state index contributed by atoms with van der Waals surface area (Å²) in [5, 5.41) is 18.8. The first kappa shape index (κ1) is 26.0. The first-order valence-corrected chi connectivity index (χ1v) is 9.88. The lowest BCUT2D eigenvalue weighted by atomic mass is 9.97. The molecule has 33 heavy (non-hydrogen) atoms. The number of aromatic nitrogens is 1. The van der Waals surface area contributed by atoms with Crippen LogP contribution in [0.3, 0.4) is 0 Å². The number of halogens is 3. The van der Waals surface area contributed by atoms with E-state index in [0.717, 1.165) is 10.8 Å². The van der Waals surface area contributed by atoms with Crippen LogP contribution in [0.2, 0.25) is 0 Å². The number of esters is 1. The number of pyridine rings is 1. The fourth-order valence-corrected chi connectivity index (χ4v) is 3.10. The molecule has 0 radical (unpaired) electrons. The van der Waals surface area contributed by atoms with Crippen LogP contribution in [0.15, 0.2) is 23.1 Å². The summed E-state index contributed by atoms with van der Waals surface area (Å²) < 4.78 is 52.1. The third-order valence-corrected chi connectivity index (χ3v) is 4.49. The molecule has 0 saturated carbocycles. The summed E-state index contributed by atoms with van der Waals surface area (Å²) in [5.74, 6) is -6.35. The van der Waals surface area contributed by atoms with E-state index in [9.17, 15) is 37.8 Å². The monoisotopic (exact) mass is 472 g/mol. The molecule has 180 valence electrons. The number of benzene rings is 1. The zero-order valence-electron chi connectivity index (χ0n) is 17.8. The molecule has 0 aliphatic heterocycles. The van der Waals surface area contributed by atoms with Gasteiger partial charge < -0.3 is 30.0 Å². The number of nitrogens with two attached hydrogens (primary N) is 1. The SMILES string of the molecule is CCOC(=O)c1c(OCC)c(=O)c(C(=O)C(N)Cc2c(F)cc(F)cc2F)cn1CC(O)O. The van der Waals surface area contributed by atoms with Crippen LogP contribution in [-0.2, 0) is 17.7 Å². The molecule has 0 aliphatic carbocycles. The van der Waals surface area contributed by atoms with Gasteiger partial charge >= 0.3 is 5.97 Å². The predicted molar refractivity (Wildman–Crippen MR) is 108 cm³/mol. The smallest absolute Gasteiger partial charge is 0.359 e. The Balaban J connectivity index is 2.58. The van der Waals surface area contributed by atoms with Gasteiger partial charge in [-0.25, -0.2) is 18.0 Å². The lowest BCUT2D eigenvalue weighted by molar-refractivity contribution is -0.0519. The Morgan fingerprint density at radius 2 is 1.73 bits per heavy atom. The highest BCUT2D eigenvalue weighted by Gasteiger charge is 2.30. The van der Waals surface area contributed by atoms with E-state index in [1.165, 1.54) is 13.8 Å². The van der Waals surface area contributed by atoms with Crippen molar-refractivity contribution in [2.24, 2.45) is 5.73 Å². The minimum absolute atomic E-state index is 0.0688. The molecule has 0 bridgehead atoms. The summed E-state index contributed by atoms with van der Waals surface area (Å²) in [6, 6.07) is -0.790. The van der Waals surface area contributed by atoms with E-state index in [1.807, 2.05) is 0 Å². The van der Waals surface area contributed by atoms with Crippen molar-refractivity contribution in [2.45, 2.75) is 39.1 Å². The highest BCUT2D eigenvalue weighted by atomic mass is 19.1. The molecule has 1 unspecified atom stereocenters. The van der Waals surface area contributed by atoms with Gasteiger partial charge in [0.2, 0.25) is 5.43 Å². The average molecular weight is 472 g/mol. The summed E-state index contributed by atoms with van der Waals surface area (Å²) in [6.45, 7) is 2.19. The predicted octanol–water partition coefficient (Wildman–Crippen LogP) is 0.904. The normalized spacial score (nSPS) is 12.0. The van der Waals surface area contributed by atoms with Gasteiger partial charge in [0.25, 0.3) is 0 Å². The van der Waals surface area contributed by atoms with Crippen LogP contribution in [-0.4, -0.2) is 52.1 Å². The standard InChI is InChI=1S/C21H23F3N2O7/c1-3-32-20-17(21(31)33-4-2)26(9-16(27)28)8-12(19(20)30)18(29)15(25)7-11-13(23)5-10(22)6-14(11)24/h5-6,8,15-16,27-28H,3-4,7,9,25H2,1-2H3. The molecule has 0 aliphatic rings. The fourth-order valence-electron chi connectivity index (χ4n) is 3.10. The van der Waals surface area contributed by atoms with Gasteiger partial charge in [0.05, 0.1) is 31.4 Å². The Morgan fingerprint density at radius 1 is 1.12 bits per heavy atom. The number of hydrogen-bond donors (Lipinski definition) is 3. The van der Waals surface area contributed by atoms with Gasteiger partial charge in [-0.15, -0.1) is 0 Å². The van der Waals surface area contributed by atoms with Gasteiger partial charge in [0.1, 0.15) is 17.5 Å². The number of hydrogen-bond acceptors (Lipinski definition) is 8. The van der Waals surface area contributed by atoms with Crippen LogP contribution in [0.1, 0.15) is 40.3 Å². The lowest BCUT2D eigenvalue weighted by Crippen LogP contribution is -2.38. The molecular weight excluding hydrogens is 449 g/mol. The van der Waals surface area contributed by atoms with Crippen LogP contribution >= 0.6 is 0 Å². The average Bonchev–Trinajstić information content (AvgIpc) is 2.72. The van der Waals surface area contributed by atoms with Crippen LogP contribution in [0, 0.1) is 17.5 Å². The molecule has 0 fully saturated rings. The number of nitrogens with zero attached hydrogens (tertiary/aromatic N) is 1. The van der Waals surface area contributed by atoms with Gasteiger partial charge in [-0.05, 0) is 13.8 Å². The highest BCUT2D eigenvalue weighted by Crippen LogP contribution is 2.20. The molecule has 1 heterocycles. The quantitative estimate of drug-likeness (QED) is 0.263. The molecule has 1 aromatic heterocycles. The second-order valence-corrected chi connectivity index (χ2v) is 6.86. The van der Waals surface area contributed by atoms with Gasteiger partial charge in [-0.2, -0.15) is 0 Å². The molecule has 2 rings (SSSR count). The summed E-state index contributed by atoms with van der Waals surface area (Å²) in [7, 11) is 0. The Kier molecular flexibility index (Phi) is 8.74. The minimum Gasteiger partial charge on any atom is -0.488 e. The minimum atomic E-state index is -1.99. The van der Waals surface area contributed by atoms with Gasteiger partial charge in [-0.3, -0.25) is 9.59 Å². The van der Waals surface area contributed by atoms with Crippen molar-refractivity contribution in [2.75, 3.05) is 13.2 Å². The number of rotatable bonds is 10. The van der Waals surface area contributed by atoms with E-state index in [1.54, 1.807) is 0 Å². The number of aliphatic hydroxyl groups is 2. The second-order valence-electron chi connectivity index (χ2n) is 6.86. The molecule has 4 N–H and O–H groups in total. The van der Waals surface area contributed by atoms with Gasteiger partial charge in [-0.1, -0.05) is 0 Å². The van der Waals surface area contributed by atoms with Crippen molar-refractivity contribution in [3.63, 3.8) is 0 Å². The van der Waals surface area contributed by atoms with E-state index in [4.69, 9.17) is 15.2 Å². The Morgan fingerprint density at radius 3 is 2.24 bits per heavy atom. The van der Waals surface area contributed by atoms with Gasteiger partial charge in [0, 0.05) is 30.3 Å². The number of Topliss-reactive ketones (excluding diaryl/α,β-unsaturated/α-hetero) is 1. The molecule has 0 spiro atoms. The van der Waals surface area contributed by atoms with E-state index >= 15 is 0 Å². The van der Waals surface area contributed by atoms with Crippen molar-refractivity contribution in [1.82, 2.24) is 4.57 Å². The van der Waals surface area contributed by atoms with Crippen LogP contribution in [0.25, 0.3) is 0 Å². The number of aliphatic hydroxyl groups excluding tert-OH is 1. The number of ether oxygens (including phenoxy) is 2. The Hall–Kier alpha value is -3.22. The Bertz CT molecular complexity index is 1080. The molecular formula is C21H23F3N2O7. The van der Waals surface area contributed by atoms with Crippen molar-refractivity contribution in [1.29, 1.82) is 0 Å². The molecule has 0 saturated heterocycles. The maximum Gasteiger partial charge on any atom is 0.359 e. The molecule has 0 amide bonds. The topological polar surface area (TPSA) is 141 Å². The Labute approximate surface area is 186 Å². The van der Waals surface area contributed by atoms with Crippen molar-refractivity contribution >= 4 is 11.8 Å². The van der Waals surface area contributed by atoms with Crippen molar-refractivity contribution in [3.05, 3.63) is 62.8 Å². The van der Waals surface area contributed by atoms with E-state index in [0.29, 0.717) is 12.1 Å². The lowest BCUT2D eigenvalue weighted by Gasteiger charge is -2.19. The molecule has 2 aromatic rings. The zero-order chi connectivity index (χ0) is 24.9. The molecule has 9 nitrogen and oxygen atoms in total. The third-order valence-electron chi connectivity index (χ3n) is 4.49. The first-order chi connectivity index (χ1) is 15.5. The molecule has 12 heteroatoms. The fraction of sp³-hybridized carbons (Fsp3) is 0.381. The summed E-state index contributed by atoms with van der Waals surface area (Å²) in [6.07, 6.45) is -1.84. The van der Waals surface area contributed by atoms with Gasteiger partial charge in [0.15, 0.2) is 23.5 Å². The molecule has 1 aromatic carbocycles. The third kappa shape index (κ3) is 5.97.